The van der Waals surface area contributed by atoms with Gasteiger partial charge in [0, 0.05) is 5.69 Å². The molecule has 1 aromatic carbocycles. The highest BCUT2D eigenvalue weighted by atomic mass is 35.5. The van der Waals surface area contributed by atoms with Crippen LogP contribution in [0, 0.1) is 0 Å². The van der Waals surface area contributed by atoms with E-state index in [2.05, 4.69) is 25.3 Å². The fourth-order valence-electron chi connectivity index (χ4n) is 1.48. The highest BCUT2D eigenvalue weighted by Crippen LogP contribution is 2.23. The Morgan fingerprint density at radius 1 is 1.22 bits per heavy atom. The first-order valence-corrected chi connectivity index (χ1v) is 6.24. The SMILES string of the molecule is Nc1nc(Cl)nc(Nc2ccc3ncsc3c2)n1. The van der Waals surface area contributed by atoms with E-state index in [1.54, 1.807) is 16.8 Å². The van der Waals surface area contributed by atoms with Gasteiger partial charge in [-0.2, -0.15) is 15.0 Å². The zero-order chi connectivity index (χ0) is 12.5. The fraction of sp³-hybridized carbons (Fsp3) is 0. The van der Waals surface area contributed by atoms with Crippen molar-refractivity contribution in [2.24, 2.45) is 0 Å². The second-order valence-electron chi connectivity index (χ2n) is 3.45. The summed E-state index contributed by atoms with van der Waals surface area (Å²) in [4.78, 5) is 15.8. The van der Waals surface area contributed by atoms with Crippen LogP contribution in [0.15, 0.2) is 23.7 Å². The van der Waals surface area contributed by atoms with Crippen LogP contribution in [0.1, 0.15) is 0 Å². The normalized spacial score (nSPS) is 10.7. The Balaban J connectivity index is 1.95. The van der Waals surface area contributed by atoms with Crippen LogP contribution < -0.4 is 11.1 Å². The number of thiazole rings is 1. The number of nitrogens with one attached hydrogen (secondary N) is 1. The summed E-state index contributed by atoms with van der Waals surface area (Å²) in [6.07, 6.45) is 0. The van der Waals surface area contributed by atoms with Crippen LogP contribution in [0.2, 0.25) is 5.28 Å². The van der Waals surface area contributed by atoms with Gasteiger partial charge in [-0.3, -0.25) is 0 Å². The summed E-state index contributed by atoms with van der Waals surface area (Å²) in [5.41, 5.74) is 9.09. The molecule has 3 aromatic rings. The average molecular weight is 279 g/mol. The predicted molar refractivity (Wildman–Crippen MR) is 72.2 cm³/mol. The maximum Gasteiger partial charge on any atom is 0.233 e. The number of nitrogens with zero attached hydrogens (tertiary/aromatic N) is 4. The summed E-state index contributed by atoms with van der Waals surface area (Å²) in [5.74, 6) is 0.396. The molecule has 3 rings (SSSR count). The van der Waals surface area contributed by atoms with Crippen LogP contribution in [-0.2, 0) is 0 Å². The van der Waals surface area contributed by atoms with Crippen molar-refractivity contribution in [3.63, 3.8) is 0 Å². The van der Waals surface area contributed by atoms with Crippen LogP contribution >= 0.6 is 22.9 Å². The van der Waals surface area contributed by atoms with E-state index in [1.807, 2.05) is 18.2 Å². The van der Waals surface area contributed by atoms with Crippen molar-refractivity contribution in [3.05, 3.63) is 29.0 Å². The Morgan fingerprint density at radius 2 is 2.11 bits per heavy atom. The van der Waals surface area contributed by atoms with Crippen molar-refractivity contribution in [3.8, 4) is 0 Å². The first kappa shape index (κ1) is 11.1. The molecule has 0 aliphatic carbocycles. The molecule has 90 valence electrons. The molecule has 0 spiro atoms. The topological polar surface area (TPSA) is 89.6 Å². The zero-order valence-corrected chi connectivity index (χ0v) is 10.5. The van der Waals surface area contributed by atoms with Gasteiger partial charge in [-0.15, -0.1) is 11.3 Å². The Labute approximate surface area is 111 Å². The van der Waals surface area contributed by atoms with Gasteiger partial charge in [0.05, 0.1) is 15.7 Å². The number of aromatic nitrogens is 4. The second kappa shape index (κ2) is 4.35. The maximum atomic E-state index is 5.70. The van der Waals surface area contributed by atoms with Crippen LogP contribution in [0.4, 0.5) is 17.6 Å². The third-order valence-corrected chi connectivity index (χ3v) is 3.17. The van der Waals surface area contributed by atoms with Gasteiger partial charge < -0.3 is 11.1 Å². The van der Waals surface area contributed by atoms with Crippen molar-refractivity contribution in [1.29, 1.82) is 0 Å². The molecule has 0 saturated heterocycles. The van der Waals surface area contributed by atoms with E-state index >= 15 is 0 Å². The molecule has 3 N–H and O–H groups in total. The number of hydrogen-bond donors (Lipinski definition) is 2. The van der Waals surface area contributed by atoms with Crippen molar-refractivity contribution < 1.29 is 0 Å². The third kappa shape index (κ3) is 2.18. The number of benzene rings is 1. The summed E-state index contributed by atoms with van der Waals surface area (Å²) in [5, 5.41) is 3.08. The van der Waals surface area contributed by atoms with Gasteiger partial charge >= 0.3 is 0 Å². The van der Waals surface area contributed by atoms with Crippen molar-refractivity contribution in [1.82, 2.24) is 19.9 Å². The number of halogens is 1. The second-order valence-corrected chi connectivity index (χ2v) is 4.67. The average Bonchev–Trinajstić information content (AvgIpc) is 2.74. The number of nitrogens with two attached hydrogens (primary N) is 1. The lowest BCUT2D eigenvalue weighted by Gasteiger charge is -2.04. The predicted octanol–water partition coefficient (Wildman–Crippen LogP) is 2.46. The van der Waals surface area contributed by atoms with Crippen LogP contribution in [0.25, 0.3) is 10.2 Å². The number of anilines is 3. The van der Waals surface area contributed by atoms with E-state index in [9.17, 15) is 0 Å². The summed E-state index contributed by atoms with van der Waals surface area (Å²) < 4.78 is 1.08. The lowest BCUT2D eigenvalue weighted by atomic mass is 10.3. The molecule has 0 radical (unpaired) electrons. The summed E-state index contributed by atoms with van der Waals surface area (Å²) in [6.45, 7) is 0. The molecule has 0 atom stereocenters. The molecular weight excluding hydrogens is 272 g/mol. The van der Waals surface area contributed by atoms with Crippen LogP contribution in [0.3, 0.4) is 0 Å². The van der Waals surface area contributed by atoms with Gasteiger partial charge in [-0.05, 0) is 29.8 Å². The van der Waals surface area contributed by atoms with Crippen LogP contribution in [-0.4, -0.2) is 19.9 Å². The lowest BCUT2D eigenvalue weighted by Crippen LogP contribution is -2.03. The van der Waals surface area contributed by atoms with Crippen molar-refractivity contribution in [2.75, 3.05) is 11.1 Å². The van der Waals surface area contributed by atoms with E-state index < -0.39 is 0 Å². The minimum absolute atomic E-state index is 0.0591. The third-order valence-electron chi connectivity index (χ3n) is 2.21. The minimum atomic E-state index is 0.0591. The highest BCUT2D eigenvalue weighted by molar-refractivity contribution is 7.16. The fourth-order valence-corrected chi connectivity index (χ4v) is 2.37. The Bertz CT molecular complexity index is 692. The zero-order valence-electron chi connectivity index (χ0n) is 8.96. The first-order valence-electron chi connectivity index (χ1n) is 4.98. The highest BCUT2D eigenvalue weighted by Gasteiger charge is 2.04. The van der Waals surface area contributed by atoms with Gasteiger partial charge in [-0.1, -0.05) is 0 Å². The Hall–Kier alpha value is -1.99. The van der Waals surface area contributed by atoms with Crippen molar-refractivity contribution in [2.45, 2.75) is 0 Å². The van der Waals surface area contributed by atoms with E-state index in [0.29, 0.717) is 5.95 Å². The number of nitrogen functional groups attached to an aromatic ring is 1. The van der Waals surface area contributed by atoms with Crippen LogP contribution in [0.5, 0.6) is 0 Å². The Kier molecular flexibility index (Phi) is 2.69. The molecule has 2 aromatic heterocycles. The number of fused-ring (bicyclic) bond motifs is 1. The molecule has 0 bridgehead atoms. The molecule has 0 fully saturated rings. The smallest absolute Gasteiger partial charge is 0.233 e. The largest absolute Gasteiger partial charge is 0.368 e. The van der Waals surface area contributed by atoms with Gasteiger partial charge in [0.1, 0.15) is 0 Å². The molecule has 6 nitrogen and oxygen atoms in total. The summed E-state index contributed by atoms with van der Waals surface area (Å²) in [6, 6.07) is 5.76. The van der Waals surface area contributed by atoms with Gasteiger partial charge in [0.15, 0.2) is 0 Å². The first-order chi connectivity index (χ1) is 8.70. The van der Waals surface area contributed by atoms with Gasteiger partial charge in [0.25, 0.3) is 0 Å². The lowest BCUT2D eigenvalue weighted by molar-refractivity contribution is 1.07. The molecule has 2 heterocycles. The molecule has 0 aliphatic heterocycles. The molecule has 0 saturated carbocycles. The summed E-state index contributed by atoms with van der Waals surface area (Å²) >= 11 is 7.27. The van der Waals surface area contributed by atoms with E-state index in [1.165, 1.54) is 0 Å². The molecule has 8 heteroatoms. The number of rotatable bonds is 2. The molecule has 0 unspecified atom stereocenters. The minimum Gasteiger partial charge on any atom is -0.368 e. The molecule has 18 heavy (non-hydrogen) atoms. The number of hydrogen-bond acceptors (Lipinski definition) is 7. The Morgan fingerprint density at radius 3 is 2.94 bits per heavy atom. The van der Waals surface area contributed by atoms with Gasteiger partial charge in [-0.25, -0.2) is 4.98 Å². The molecular formula is C10H7ClN6S. The molecule has 0 aliphatic rings. The van der Waals surface area contributed by atoms with E-state index in [-0.39, 0.29) is 11.2 Å². The van der Waals surface area contributed by atoms with E-state index in [0.717, 1.165) is 15.9 Å². The standard InChI is InChI=1S/C10H7ClN6S/c11-8-15-9(12)17-10(16-8)14-5-1-2-6-7(3-5)18-4-13-6/h1-4H,(H3,12,14,15,16,17). The summed E-state index contributed by atoms with van der Waals surface area (Å²) in [7, 11) is 0. The quantitative estimate of drug-likeness (QED) is 0.748. The van der Waals surface area contributed by atoms with Crippen molar-refractivity contribution >= 4 is 50.7 Å². The monoisotopic (exact) mass is 278 g/mol. The molecule has 0 amide bonds. The van der Waals surface area contributed by atoms with E-state index in [4.69, 9.17) is 17.3 Å². The van der Waals surface area contributed by atoms with Gasteiger partial charge in [0.2, 0.25) is 17.2 Å². The maximum absolute atomic E-state index is 5.70.